The van der Waals surface area contributed by atoms with E-state index >= 15 is 0 Å². The van der Waals surface area contributed by atoms with Gasteiger partial charge in [0.2, 0.25) is 5.78 Å². The molecule has 0 radical (unpaired) electrons. The molecule has 2 N–H and O–H groups in total. The number of nitrogens with zero attached hydrogens (tertiary/aromatic N) is 6. The fraction of sp³-hybridized carbons (Fsp3) is 0.286. The van der Waals surface area contributed by atoms with Gasteiger partial charge in [0.25, 0.3) is 6.43 Å². The Hall–Kier alpha value is -3.71. The number of rotatable bonds is 8. The van der Waals surface area contributed by atoms with E-state index in [2.05, 4.69) is 15.1 Å². The monoisotopic (exact) mass is 425 g/mol. The summed E-state index contributed by atoms with van der Waals surface area (Å²) in [5.74, 6) is 0.156. The third-order valence-corrected chi connectivity index (χ3v) is 4.74. The molecule has 0 atom stereocenters. The van der Waals surface area contributed by atoms with Crippen LogP contribution in [0.1, 0.15) is 34.1 Å². The molecule has 0 aliphatic heterocycles. The lowest BCUT2D eigenvalue weighted by molar-refractivity contribution is 0.103. The van der Waals surface area contributed by atoms with Crippen LogP contribution < -0.4 is 10.6 Å². The van der Waals surface area contributed by atoms with Crippen LogP contribution in [0, 0.1) is 11.3 Å². The van der Waals surface area contributed by atoms with Crippen molar-refractivity contribution in [3.63, 3.8) is 0 Å². The fourth-order valence-corrected chi connectivity index (χ4v) is 3.10. The maximum Gasteiger partial charge on any atom is 0.255 e. The van der Waals surface area contributed by atoms with Gasteiger partial charge in [0.1, 0.15) is 5.69 Å². The largest absolute Gasteiger partial charge is 0.350 e. The Morgan fingerprint density at radius 1 is 1.29 bits per heavy atom. The zero-order chi connectivity index (χ0) is 22.5. The number of nitriles is 1. The van der Waals surface area contributed by atoms with E-state index in [1.54, 1.807) is 38.5 Å². The van der Waals surface area contributed by atoms with Gasteiger partial charge in [-0.1, -0.05) is 0 Å². The minimum Gasteiger partial charge on any atom is -0.350 e. The standard InChI is InChI=1S/C21H21F2N7O/c1-3-30(12-18(22)23)19-7-17(29(2)28-19)20(31)16-6-13(8-24)4-5-15(16)21-26-10-14(9-25)11-27-21/h4-7,10-11,18H,3,9,12,25H2,1-2H3. The van der Waals surface area contributed by atoms with E-state index in [-0.39, 0.29) is 23.6 Å². The average molecular weight is 425 g/mol. The molecule has 0 saturated carbocycles. The molecular weight excluding hydrogens is 404 g/mol. The van der Waals surface area contributed by atoms with E-state index in [1.807, 2.05) is 6.07 Å². The third-order valence-electron chi connectivity index (χ3n) is 4.74. The lowest BCUT2D eigenvalue weighted by Crippen LogP contribution is -2.28. The molecule has 3 aromatic rings. The summed E-state index contributed by atoms with van der Waals surface area (Å²) in [4.78, 5) is 23.3. The predicted molar refractivity (Wildman–Crippen MR) is 111 cm³/mol. The van der Waals surface area contributed by atoms with Crippen LogP contribution in [0.4, 0.5) is 14.6 Å². The summed E-state index contributed by atoms with van der Waals surface area (Å²) in [5, 5.41) is 13.5. The maximum atomic E-state index is 13.4. The van der Waals surface area contributed by atoms with Crippen molar-refractivity contribution in [2.24, 2.45) is 12.8 Å². The number of carbonyl (C=O) groups is 1. The summed E-state index contributed by atoms with van der Waals surface area (Å²) in [6.45, 7) is 1.84. The molecule has 0 aliphatic rings. The number of nitrogens with two attached hydrogens (primary N) is 1. The number of halogens is 2. The van der Waals surface area contributed by atoms with Crippen molar-refractivity contribution in [3.8, 4) is 17.5 Å². The zero-order valence-corrected chi connectivity index (χ0v) is 17.1. The van der Waals surface area contributed by atoms with Gasteiger partial charge in [-0.25, -0.2) is 18.7 Å². The first kappa shape index (κ1) is 22.0. The second-order valence-corrected chi connectivity index (χ2v) is 6.76. The van der Waals surface area contributed by atoms with E-state index in [0.717, 1.165) is 5.56 Å². The Labute approximate surface area is 177 Å². The van der Waals surface area contributed by atoms with Crippen LogP contribution in [0.15, 0.2) is 36.7 Å². The summed E-state index contributed by atoms with van der Waals surface area (Å²) in [7, 11) is 1.56. The summed E-state index contributed by atoms with van der Waals surface area (Å²) >= 11 is 0. The second kappa shape index (κ2) is 9.40. The Morgan fingerprint density at radius 3 is 2.58 bits per heavy atom. The number of hydrogen-bond donors (Lipinski definition) is 1. The molecule has 8 nitrogen and oxygen atoms in total. The van der Waals surface area contributed by atoms with Crippen LogP contribution in [-0.2, 0) is 13.6 Å². The van der Waals surface area contributed by atoms with Crippen LogP contribution in [0.25, 0.3) is 11.4 Å². The Kier molecular flexibility index (Phi) is 6.67. The number of anilines is 1. The summed E-state index contributed by atoms with van der Waals surface area (Å²) in [6, 6.07) is 8.12. The molecule has 0 aliphatic carbocycles. The van der Waals surface area contributed by atoms with Crippen LogP contribution in [-0.4, -0.2) is 45.0 Å². The number of hydrogen-bond acceptors (Lipinski definition) is 7. The fourth-order valence-electron chi connectivity index (χ4n) is 3.10. The molecule has 0 amide bonds. The lowest BCUT2D eigenvalue weighted by Gasteiger charge is -2.19. The summed E-state index contributed by atoms with van der Waals surface area (Å²) < 4.78 is 27.1. The molecule has 31 heavy (non-hydrogen) atoms. The SMILES string of the molecule is CCN(CC(F)F)c1cc(C(=O)c2cc(C#N)ccc2-c2ncc(CN)cn2)n(C)n1. The van der Waals surface area contributed by atoms with Gasteiger partial charge in [0, 0.05) is 55.3 Å². The minimum absolute atomic E-state index is 0.192. The van der Waals surface area contributed by atoms with Crippen molar-refractivity contribution in [1.29, 1.82) is 5.26 Å². The molecule has 10 heteroatoms. The Morgan fingerprint density at radius 2 is 2.00 bits per heavy atom. The topological polar surface area (TPSA) is 114 Å². The van der Waals surface area contributed by atoms with Crippen LogP contribution in [0.2, 0.25) is 0 Å². The highest BCUT2D eigenvalue weighted by Gasteiger charge is 2.23. The molecule has 0 unspecified atom stereocenters. The first-order chi connectivity index (χ1) is 14.9. The predicted octanol–water partition coefficient (Wildman–Crippen LogP) is 2.53. The first-order valence-electron chi connectivity index (χ1n) is 9.55. The molecule has 3 rings (SSSR count). The van der Waals surface area contributed by atoms with E-state index < -0.39 is 18.8 Å². The van der Waals surface area contributed by atoms with Crippen molar-refractivity contribution < 1.29 is 13.6 Å². The number of aryl methyl sites for hydroxylation is 1. The Balaban J connectivity index is 2.06. The van der Waals surface area contributed by atoms with Crippen molar-refractivity contribution >= 4 is 11.6 Å². The second-order valence-electron chi connectivity index (χ2n) is 6.76. The number of ketones is 1. The molecular formula is C21H21F2N7O. The normalized spacial score (nSPS) is 10.9. The molecule has 0 bridgehead atoms. The highest BCUT2D eigenvalue weighted by Crippen LogP contribution is 2.26. The lowest BCUT2D eigenvalue weighted by atomic mass is 9.98. The molecule has 1 aromatic carbocycles. The van der Waals surface area contributed by atoms with Crippen molar-refractivity contribution in [3.05, 3.63) is 59.0 Å². The molecule has 2 aromatic heterocycles. The number of carbonyl (C=O) groups excluding carboxylic acids is 1. The van der Waals surface area contributed by atoms with E-state index in [0.29, 0.717) is 23.5 Å². The molecule has 2 heterocycles. The number of alkyl halides is 2. The third kappa shape index (κ3) is 4.73. The van der Waals surface area contributed by atoms with Gasteiger partial charge in [-0.2, -0.15) is 10.4 Å². The van der Waals surface area contributed by atoms with Crippen LogP contribution in [0.3, 0.4) is 0 Å². The quantitative estimate of drug-likeness (QED) is 0.552. The zero-order valence-electron chi connectivity index (χ0n) is 17.1. The van der Waals surface area contributed by atoms with Crippen molar-refractivity contribution in [2.45, 2.75) is 19.9 Å². The molecule has 0 fully saturated rings. The summed E-state index contributed by atoms with van der Waals surface area (Å²) in [6.07, 6.45) is 0.606. The van der Waals surface area contributed by atoms with Gasteiger partial charge in [0.15, 0.2) is 11.6 Å². The van der Waals surface area contributed by atoms with Gasteiger partial charge in [0.05, 0.1) is 18.2 Å². The van der Waals surface area contributed by atoms with Crippen LogP contribution in [0.5, 0.6) is 0 Å². The smallest absolute Gasteiger partial charge is 0.255 e. The van der Waals surface area contributed by atoms with E-state index in [1.165, 1.54) is 21.7 Å². The van der Waals surface area contributed by atoms with E-state index in [9.17, 15) is 18.8 Å². The van der Waals surface area contributed by atoms with Crippen LogP contribution >= 0.6 is 0 Å². The number of aromatic nitrogens is 4. The van der Waals surface area contributed by atoms with Crippen molar-refractivity contribution in [1.82, 2.24) is 19.7 Å². The van der Waals surface area contributed by atoms with Gasteiger partial charge in [-0.05, 0) is 25.1 Å². The van der Waals surface area contributed by atoms with Gasteiger partial charge in [-0.15, -0.1) is 0 Å². The van der Waals surface area contributed by atoms with Crippen molar-refractivity contribution in [2.75, 3.05) is 18.0 Å². The van der Waals surface area contributed by atoms with Gasteiger partial charge >= 0.3 is 0 Å². The van der Waals surface area contributed by atoms with Gasteiger partial charge in [-0.3, -0.25) is 9.48 Å². The van der Waals surface area contributed by atoms with Gasteiger partial charge < -0.3 is 10.6 Å². The minimum atomic E-state index is -2.53. The summed E-state index contributed by atoms with van der Waals surface area (Å²) in [5.41, 5.74) is 7.46. The molecule has 160 valence electrons. The number of benzene rings is 1. The maximum absolute atomic E-state index is 13.4. The first-order valence-corrected chi connectivity index (χ1v) is 9.55. The highest BCUT2D eigenvalue weighted by molar-refractivity contribution is 6.12. The molecule has 0 saturated heterocycles. The Bertz CT molecular complexity index is 1120. The van der Waals surface area contributed by atoms with E-state index in [4.69, 9.17) is 5.73 Å². The molecule has 0 spiro atoms. The average Bonchev–Trinajstić information content (AvgIpc) is 3.17. The highest BCUT2D eigenvalue weighted by atomic mass is 19.3.